The normalized spacial score (nSPS) is 45.4. The van der Waals surface area contributed by atoms with Gasteiger partial charge < -0.3 is 4.74 Å². The van der Waals surface area contributed by atoms with Gasteiger partial charge in [-0.1, -0.05) is 32.8 Å². The fraction of sp³-hybridized carbons (Fsp3) is 0.846. The number of allylic oxidation sites excluding steroid dienone is 2. The molecule has 0 spiro atoms. The summed E-state index contributed by atoms with van der Waals surface area (Å²) < 4.78 is 4.83. The topological polar surface area (TPSA) is 43.4 Å². The zero-order valence-electron chi connectivity index (χ0n) is 19.0. The summed E-state index contributed by atoms with van der Waals surface area (Å²) in [6, 6.07) is 0. The molecule has 162 valence electrons. The van der Waals surface area contributed by atoms with Crippen LogP contribution in [0.15, 0.2) is 11.6 Å². The van der Waals surface area contributed by atoms with Gasteiger partial charge in [0.05, 0.1) is 7.11 Å². The molecule has 4 fully saturated rings. The van der Waals surface area contributed by atoms with Gasteiger partial charge in [0, 0.05) is 12.3 Å². The lowest BCUT2D eigenvalue weighted by atomic mass is 9.43. The van der Waals surface area contributed by atoms with Gasteiger partial charge in [-0.05, 0) is 98.4 Å². The number of ketones is 1. The Labute approximate surface area is 177 Å². The van der Waals surface area contributed by atoms with E-state index in [0.717, 1.165) is 12.8 Å². The Morgan fingerprint density at radius 3 is 2.55 bits per heavy atom. The highest BCUT2D eigenvalue weighted by Gasteiger charge is 2.63. The van der Waals surface area contributed by atoms with Crippen LogP contribution in [0.3, 0.4) is 0 Å². The summed E-state index contributed by atoms with van der Waals surface area (Å²) in [4.78, 5) is 25.3. The second-order valence-corrected chi connectivity index (χ2v) is 10.9. The van der Waals surface area contributed by atoms with Gasteiger partial charge in [-0.15, -0.1) is 0 Å². The number of carbonyl (C=O) groups is 2. The molecule has 0 aromatic heterocycles. The maximum absolute atomic E-state index is 13.8. The van der Waals surface area contributed by atoms with Crippen molar-refractivity contribution in [2.24, 2.45) is 40.4 Å². The number of Topliss-reactive ketones (excluding diaryl/α,β-unsaturated/α-hetero) is 1. The van der Waals surface area contributed by atoms with Crippen LogP contribution < -0.4 is 0 Å². The van der Waals surface area contributed by atoms with Crippen LogP contribution in [0.2, 0.25) is 0 Å². The number of esters is 1. The molecular weight excluding hydrogens is 360 g/mol. The van der Waals surface area contributed by atoms with Gasteiger partial charge in [-0.3, -0.25) is 9.59 Å². The highest BCUT2D eigenvalue weighted by molar-refractivity contribution is 5.99. The molecule has 0 bridgehead atoms. The van der Waals surface area contributed by atoms with Gasteiger partial charge in [0.25, 0.3) is 0 Å². The number of ether oxygens (including phenoxy) is 1. The maximum atomic E-state index is 13.8. The summed E-state index contributed by atoms with van der Waals surface area (Å²) in [7, 11) is 1.48. The standard InChI is InChI=1S/C26H40O3/c1-5-18-19-10-6-7-15-26(19,3)21-14-16-25(2)17(9-8-11-22(27)29-4)12-13-20(25)23(21)24(18)28/h5,17,19-21,23H,6-16H2,1-4H3/b18-5-. The Balaban J connectivity index is 1.58. The van der Waals surface area contributed by atoms with Crippen LogP contribution in [0.5, 0.6) is 0 Å². The van der Waals surface area contributed by atoms with E-state index in [1.807, 2.05) is 0 Å². The first kappa shape index (κ1) is 21.1. The zero-order valence-corrected chi connectivity index (χ0v) is 19.0. The molecular formula is C26H40O3. The molecule has 0 N–H and O–H groups in total. The summed E-state index contributed by atoms with van der Waals surface area (Å²) in [6.07, 6.45) is 14.8. The molecule has 0 saturated heterocycles. The Kier molecular flexibility index (Phi) is 5.72. The van der Waals surface area contributed by atoms with Crippen LogP contribution in [-0.4, -0.2) is 18.9 Å². The number of rotatable bonds is 4. The number of methoxy groups -OCH3 is 1. The van der Waals surface area contributed by atoms with Crippen molar-refractivity contribution in [3.8, 4) is 0 Å². The maximum Gasteiger partial charge on any atom is 0.305 e. The van der Waals surface area contributed by atoms with Crippen LogP contribution in [-0.2, 0) is 14.3 Å². The quantitative estimate of drug-likeness (QED) is 0.422. The molecule has 0 amide bonds. The van der Waals surface area contributed by atoms with Gasteiger partial charge in [0.2, 0.25) is 0 Å². The molecule has 4 rings (SSSR count). The van der Waals surface area contributed by atoms with Crippen molar-refractivity contribution in [1.29, 1.82) is 0 Å². The SMILES string of the molecule is C/C=C1\C(=O)C2C3CCC(CCCC(=O)OC)C3(C)CCC2C2(C)CCCCC12. The molecule has 0 radical (unpaired) electrons. The number of hydrogen-bond acceptors (Lipinski definition) is 3. The second-order valence-electron chi connectivity index (χ2n) is 10.9. The molecule has 0 aromatic carbocycles. The van der Waals surface area contributed by atoms with Crippen LogP contribution in [0.25, 0.3) is 0 Å². The molecule has 4 aliphatic rings. The Hall–Kier alpha value is -1.12. The van der Waals surface area contributed by atoms with E-state index in [2.05, 4.69) is 26.8 Å². The van der Waals surface area contributed by atoms with Gasteiger partial charge in [-0.2, -0.15) is 0 Å². The first-order valence-corrected chi connectivity index (χ1v) is 12.1. The molecule has 4 aliphatic carbocycles. The van der Waals surface area contributed by atoms with E-state index in [9.17, 15) is 9.59 Å². The number of hydrogen-bond donors (Lipinski definition) is 0. The van der Waals surface area contributed by atoms with Crippen molar-refractivity contribution in [2.75, 3.05) is 7.11 Å². The minimum atomic E-state index is -0.0927. The van der Waals surface area contributed by atoms with Crippen molar-refractivity contribution in [3.63, 3.8) is 0 Å². The third kappa shape index (κ3) is 3.22. The van der Waals surface area contributed by atoms with Gasteiger partial charge in [-0.25, -0.2) is 0 Å². The Morgan fingerprint density at radius 2 is 1.83 bits per heavy atom. The van der Waals surface area contributed by atoms with E-state index in [1.54, 1.807) is 0 Å². The van der Waals surface area contributed by atoms with Crippen LogP contribution in [0.1, 0.15) is 91.4 Å². The van der Waals surface area contributed by atoms with Crippen molar-refractivity contribution in [1.82, 2.24) is 0 Å². The van der Waals surface area contributed by atoms with E-state index < -0.39 is 0 Å². The molecule has 0 aliphatic heterocycles. The summed E-state index contributed by atoms with van der Waals surface area (Å²) in [5, 5.41) is 0. The average molecular weight is 401 g/mol. The van der Waals surface area contributed by atoms with E-state index in [4.69, 9.17) is 4.74 Å². The van der Waals surface area contributed by atoms with Crippen LogP contribution >= 0.6 is 0 Å². The molecule has 4 saturated carbocycles. The Morgan fingerprint density at radius 1 is 1.07 bits per heavy atom. The molecule has 0 aromatic rings. The molecule has 7 unspecified atom stereocenters. The third-order valence-corrected chi connectivity index (χ3v) is 10.0. The van der Waals surface area contributed by atoms with Gasteiger partial charge in [0.15, 0.2) is 5.78 Å². The second kappa shape index (κ2) is 7.85. The lowest BCUT2D eigenvalue weighted by molar-refractivity contribution is -0.145. The van der Waals surface area contributed by atoms with Crippen molar-refractivity contribution < 1.29 is 14.3 Å². The fourth-order valence-electron chi connectivity index (χ4n) is 8.44. The zero-order chi connectivity index (χ0) is 20.8. The third-order valence-electron chi connectivity index (χ3n) is 10.0. The highest BCUT2D eigenvalue weighted by atomic mass is 16.5. The highest BCUT2D eigenvalue weighted by Crippen LogP contribution is 2.67. The lowest BCUT2D eigenvalue weighted by Gasteiger charge is -2.60. The first-order valence-electron chi connectivity index (χ1n) is 12.1. The first-order chi connectivity index (χ1) is 13.9. The number of fused-ring (bicyclic) bond motifs is 5. The largest absolute Gasteiger partial charge is 0.469 e. The predicted octanol–water partition coefficient (Wildman–Crippen LogP) is 6.11. The fourth-order valence-corrected chi connectivity index (χ4v) is 8.44. The smallest absolute Gasteiger partial charge is 0.305 e. The van der Waals surface area contributed by atoms with E-state index in [1.165, 1.54) is 64.0 Å². The minimum absolute atomic E-state index is 0.0927. The van der Waals surface area contributed by atoms with Crippen molar-refractivity contribution >= 4 is 11.8 Å². The number of carbonyl (C=O) groups excluding carboxylic acids is 2. The predicted molar refractivity (Wildman–Crippen MR) is 115 cm³/mol. The molecule has 0 heterocycles. The molecule has 29 heavy (non-hydrogen) atoms. The minimum Gasteiger partial charge on any atom is -0.469 e. The van der Waals surface area contributed by atoms with E-state index in [-0.39, 0.29) is 17.3 Å². The summed E-state index contributed by atoms with van der Waals surface area (Å²) in [6.45, 7) is 7.09. The van der Waals surface area contributed by atoms with Gasteiger partial charge >= 0.3 is 5.97 Å². The lowest BCUT2D eigenvalue weighted by Crippen LogP contribution is -2.57. The van der Waals surface area contributed by atoms with E-state index >= 15 is 0 Å². The van der Waals surface area contributed by atoms with Crippen molar-refractivity contribution in [2.45, 2.75) is 91.4 Å². The van der Waals surface area contributed by atoms with Crippen molar-refractivity contribution in [3.05, 3.63) is 11.6 Å². The molecule has 3 nitrogen and oxygen atoms in total. The van der Waals surface area contributed by atoms with Crippen LogP contribution in [0.4, 0.5) is 0 Å². The summed E-state index contributed by atoms with van der Waals surface area (Å²) >= 11 is 0. The summed E-state index contributed by atoms with van der Waals surface area (Å²) in [5.74, 6) is 2.92. The molecule has 7 atom stereocenters. The molecule has 3 heteroatoms. The monoisotopic (exact) mass is 400 g/mol. The average Bonchev–Trinajstić information content (AvgIpc) is 3.05. The van der Waals surface area contributed by atoms with E-state index in [0.29, 0.717) is 41.3 Å². The van der Waals surface area contributed by atoms with Gasteiger partial charge in [0.1, 0.15) is 0 Å². The van der Waals surface area contributed by atoms with Crippen LogP contribution in [0, 0.1) is 40.4 Å². The Bertz CT molecular complexity index is 694. The summed E-state index contributed by atoms with van der Waals surface area (Å²) in [5.41, 5.74) is 1.76.